The molecule has 0 unspecified atom stereocenters. The zero-order chi connectivity index (χ0) is 13.5. The smallest absolute Gasteiger partial charge is 0.275 e. The highest BCUT2D eigenvalue weighted by Gasteiger charge is 2.19. The van der Waals surface area contributed by atoms with Crippen LogP contribution in [0.25, 0.3) is 11.4 Å². The first-order valence-electron chi connectivity index (χ1n) is 5.52. The second-order valence-corrected chi connectivity index (χ2v) is 5.54. The molecule has 0 radical (unpaired) electrons. The molecule has 0 aliphatic rings. The second-order valence-electron chi connectivity index (χ2n) is 5.16. The summed E-state index contributed by atoms with van der Waals surface area (Å²) in [6.45, 7) is 6.08. The van der Waals surface area contributed by atoms with Crippen LogP contribution in [0.1, 0.15) is 26.5 Å². The molecule has 0 atom stereocenters. The Bertz CT molecular complexity index is 688. The van der Waals surface area contributed by atoms with Crippen molar-refractivity contribution >= 4 is 12.2 Å². The van der Waals surface area contributed by atoms with E-state index < -0.39 is 0 Å². The lowest BCUT2D eigenvalue weighted by Crippen LogP contribution is -2.21. The molecule has 2 N–H and O–H groups in total. The highest BCUT2D eigenvalue weighted by Crippen LogP contribution is 2.21. The van der Waals surface area contributed by atoms with Gasteiger partial charge >= 0.3 is 0 Å². The highest BCUT2D eigenvalue weighted by atomic mass is 32.1. The topological polar surface area (TPSA) is 79.4 Å². The standard InChI is InChI=1S/C11H15N5OS/c1-11(2,3)7-5-6(9(17)14-12-7)8-13-15-10(18)16(8)4/h5H,1-4H3,(H,14,17)(H,15,18). The van der Waals surface area contributed by atoms with Gasteiger partial charge in [0.1, 0.15) is 0 Å². The predicted octanol–water partition coefficient (Wildman–Crippen LogP) is 1.53. The molecule has 2 heterocycles. The second kappa shape index (κ2) is 4.16. The minimum absolute atomic E-state index is 0.148. The SMILES string of the molecule is Cn1c(-c2cc(C(C)(C)C)n[nH]c2=O)n[nH]c1=S. The van der Waals surface area contributed by atoms with Gasteiger partial charge in [0.2, 0.25) is 0 Å². The average Bonchev–Trinajstić information content (AvgIpc) is 2.59. The Hall–Kier alpha value is -1.76. The van der Waals surface area contributed by atoms with Crippen LogP contribution in [0.15, 0.2) is 10.9 Å². The van der Waals surface area contributed by atoms with Crippen LogP contribution in [0.3, 0.4) is 0 Å². The van der Waals surface area contributed by atoms with Crippen LogP contribution < -0.4 is 5.56 Å². The Balaban J connectivity index is 2.68. The van der Waals surface area contributed by atoms with E-state index in [9.17, 15) is 4.79 Å². The lowest BCUT2D eigenvalue weighted by molar-refractivity contribution is 0.557. The van der Waals surface area contributed by atoms with Gasteiger partial charge in [-0.25, -0.2) is 5.10 Å². The molecule has 0 bridgehead atoms. The van der Waals surface area contributed by atoms with Crippen LogP contribution in [-0.2, 0) is 12.5 Å². The quantitative estimate of drug-likeness (QED) is 0.766. The van der Waals surface area contributed by atoms with E-state index in [0.717, 1.165) is 5.69 Å². The molecule has 0 amide bonds. The van der Waals surface area contributed by atoms with Crippen molar-refractivity contribution in [1.82, 2.24) is 25.0 Å². The summed E-state index contributed by atoms with van der Waals surface area (Å²) in [6.07, 6.45) is 0. The lowest BCUT2D eigenvalue weighted by Gasteiger charge is -2.17. The summed E-state index contributed by atoms with van der Waals surface area (Å²) in [6, 6.07) is 1.75. The molecule has 0 aliphatic carbocycles. The van der Waals surface area contributed by atoms with Crippen LogP contribution in [0, 0.1) is 4.77 Å². The average molecular weight is 265 g/mol. The van der Waals surface area contributed by atoms with Crippen molar-refractivity contribution in [3.8, 4) is 11.4 Å². The third-order valence-electron chi connectivity index (χ3n) is 2.69. The van der Waals surface area contributed by atoms with Crippen LogP contribution in [-0.4, -0.2) is 25.0 Å². The molecule has 7 heteroatoms. The first-order chi connectivity index (χ1) is 8.30. The number of hydrogen-bond acceptors (Lipinski definition) is 4. The number of hydrogen-bond donors (Lipinski definition) is 2. The van der Waals surface area contributed by atoms with Gasteiger partial charge in [-0.05, 0) is 18.3 Å². The fourth-order valence-electron chi connectivity index (χ4n) is 1.54. The summed E-state index contributed by atoms with van der Waals surface area (Å²) < 4.78 is 2.13. The molecule has 0 saturated heterocycles. The maximum atomic E-state index is 11.8. The van der Waals surface area contributed by atoms with Crippen molar-refractivity contribution in [2.75, 3.05) is 0 Å². The van der Waals surface area contributed by atoms with Crippen molar-refractivity contribution in [1.29, 1.82) is 0 Å². The molecular formula is C11H15N5OS. The summed E-state index contributed by atoms with van der Waals surface area (Å²) in [5.41, 5.74) is 0.834. The van der Waals surface area contributed by atoms with Gasteiger partial charge in [-0.15, -0.1) is 0 Å². The van der Waals surface area contributed by atoms with Gasteiger partial charge in [-0.2, -0.15) is 10.2 Å². The number of nitrogens with one attached hydrogen (secondary N) is 2. The van der Waals surface area contributed by atoms with Gasteiger partial charge in [0.05, 0.1) is 11.3 Å². The zero-order valence-corrected chi connectivity index (χ0v) is 11.6. The van der Waals surface area contributed by atoms with E-state index in [4.69, 9.17) is 12.2 Å². The van der Waals surface area contributed by atoms with Crippen molar-refractivity contribution in [3.05, 3.63) is 26.9 Å². The molecule has 18 heavy (non-hydrogen) atoms. The molecular weight excluding hydrogens is 250 g/mol. The first-order valence-corrected chi connectivity index (χ1v) is 5.93. The molecule has 0 spiro atoms. The van der Waals surface area contributed by atoms with Crippen LogP contribution >= 0.6 is 12.2 Å². The normalized spacial score (nSPS) is 11.8. The molecule has 6 nitrogen and oxygen atoms in total. The summed E-state index contributed by atoms with van der Waals surface area (Å²) in [5, 5.41) is 13.3. The molecule has 0 aromatic carbocycles. The van der Waals surface area contributed by atoms with Crippen molar-refractivity contribution in [2.45, 2.75) is 26.2 Å². The van der Waals surface area contributed by atoms with Crippen molar-refractivity contribution in [3.63, 3.8) is 0 Å². The van der Waals surface area contributed by atoms with Gasteiger partial charge in [0, 0.05) is 12.5 Å². The maximum absolute atomic E-state index is 11.8. The van der Waals surface area contributed by atoms with Gasteiger partial charge in [-0.1, -0.05) is 20.8 Å². The van der Waals surface area contributed by atoms with Gasteiger partial charge in [-0.3, -0.25) is 9.89 Å². The Morgan fingerprint density at radius 2 is 1.94 bits per heavy atom. The molecule has 0 aliphatic heterocycles. The largest absolute Gasteiger partial charge is 0.303 e. The molecule has 96 valence electrons. The highest BCUT2D eigenvalue weighted by molar-refractivity contribution is 7.71. The van der Waals surface area contributed by atoms with Gasteiger partial charge < -0.3 is 4.57 Å². The Morgan fingerprint density at radius 3 is 2.44 bits per heavy atom. The maximum Gasteiger partial charge on any atom is 0.275 e. The summed E-state index contributed by atoms with van der Waals surface area (Å²) >= 11 is 5.04. The Labute approximate surface area is 109 Å². The first kappa shape index (κ1) is 12.7. The number of aromatic amines is 2. The molecule has 2 rings (SSSR count). The van der Waals surface area contributed by atoms with E-state index in [1.807, 2.05) is 20.8 Å². The van der Waals surface area contributed by atoms with E-state index >= 15 is 0 Å². The monoisotopic (exact) mass is 265 g/mol. The number of nitrogens with zero attached hydrogens (tertiary/aromatic N) is 3. The van der Waals surface area contributed by atoms with E-state index in [-0.39, 0.29) is 11.0 Å². The number of H-pyrrole nitrogens is 2. The molecule has 2 aromatic rings. The summed E-state index contributed by atoms with van der Waals surface area (Å²) in [7, 11) is 1.76. The minimum Gasteiger partial charge on any atom is -0.303 e. The van der Waals surface area contributed by atoms with Gasteiger partial charge in [0.15, 0.2) is 10.6 Å². The number of aromatic nitrogens is 5. The van der Waals surface area contributed by atoms with Crippen molar-refractivity contribution in [2.24, 2.45) is 7.05 Å². The molecule has 2 aromatic heterocycles. The molecule has 0 fully saturated rings. The minimum atomic E-state index is -0.278. The third-order valence-corrected chi connectivity index (χ3v) is 3.06. The van der Waals surface area contributed by atoms with Crippen LogP contribution in [0.4, 0.5) is 0 Å². The van der Waals surface area contributed by atoms with E-state index in [2.05, 4.69) is 20.4 Å². The fourth-order valence-corrected chi connectivity index (χ4v) is 1.68. The Kier molecular flexibility index (Phi) is 2.94. The zero-order valence-electron chi connectivity index (χ0n) is 10.7. The lowest BCUT2D eigenvalue weighted by atomic mass is 9.91. The Morgan fingerprint density at radius 1 is 1.28 bits per heavy atom. The fraction of sp³-hybridized carbons (Fsp3) is 0.455. The summed E-state index contributed by atoms with van der Waals surface area (Å²) in [4.78, 5) is 11.8. The number of rotatable bonds is 1. The van der Waals surface area contributed by atoms with E-state index in [1.54, 1.807) is 17.7 Å². The van der Waals surface area contributed by atoms with Gasteiger partial charge in [0.25, 0.3) is 5.56 Å². The van der Waals surface area contributed by atoms with Crippen LogP contribution in [0.5, 0.6) is 0 Å². The van der Waals surface area contributed by atoms with E-state index in [0.29, 0.717) is 16.2 Å². The molecule has 0 saturated carbocycles. The predicted molar refractivity (Wildman–Crippen MR) is 70.9 cm³/mol. The van der Waals surface area contributed by atoms with E-state index in [1.165, 1.54) is 0 Å². The summed E-state index contributed by atoms with van der Waals surface area (Å²) in [5.74, 6) is 0.508. The van der Waals surface area contributed by atoms with Crippen LogP contribution in [0.2, 0.25) is 0 Å². The van der Waals surface area contributed by atoms with Crippen molar-refractivity contribution < 1.29 is 0 Å². The third kappa shape index (κ3) is 2.13.